The van der Waals surface area contributed by atoms with Gasteiger partial charge in [0.2, 0.25) is 5.91 Å². The van der Waals surface area contributed by atoms with E-state index in [0.717, 1.165) is 17.7 Å². The zero-order chi connectivity index (χ0) is 15.1. The van der Waals surface area contributed by atoms with Crippen LogP contribution >= 0.6 is 0 Å². The van der Waals surface area contributed by atoms with Gasteiger partial charge in [-0.1, -0.05) is 36.4 Å². The minimum absolute atomic E-state index is 0.0326. The van der Waals surface area contributed by atoms with E-state index >= 15 is 0 Å². The van der Waals surface area contributed by atoms with E-state index in [1.165, 1.54) is 0 Å². The molecule has 0 aliphatic heterocycles. The molecule has 2 rings (SSSR count). The topological polar surface area (TPSA) is 59.2 Å². The van der Waals surface area contributed by atoms with Crippen molar-refractivity contribution in [3.8, 4) is 0 Å². The number of nitrogens with zero attached hydrogens (tertiary/aromatic N) is 2. The minimum atomic E-state index is -0.499. The minimum Gasteiger partial charge on any atom is -0.344 e. The summed E-state index contributed by atoms with van der Waals surface area (Å²) in [5, 5.41) is 0. The average Bonchev–Trinajstić information content (AvgIpc) is 2.53. The molecule has 2 N–H and O–H groups in total. The second-order valence-electron chi connectivity index (χ2n) is 5.13. The van der Waals surface area contributed by atoms with Crippen LogP contribution in [0, 0.1) is 0 Å². The molecule has 0 spiro atoms. The third-order valence-corrected chi connectivity index (χ3v) is 3.42. The molecule has 1 amide bonds. The first-order chi connectivity index (χ1) is 10.2. The Morgan fingerprint density at radius 1 is 1.19 bits per heavy atom. The van der Waals surface area contributed by atoms with Gasteiger partial charge in [0.05, 0.1) is 6.04 Å². The van der Waals surface area contributed by atoms with Crippen LogP contribution in [0.25, 0.3) is 0 Å². The summed E-state index contributed by atoms with van der Waals surface area (Å²) in [6.45, 7) is 0.623. The largest absolute Gasteiger partial charge is 0.344 e. The van der Waals surface area contributed by atoms with Gasteiger partial charge in [-0.15, -0.1) is 0 Å². The van der Waals surface area contributed by atoms with Crippen LogP contribution < -0.4 is 5.73 Å². The molecule has 0 fully saturated rings. The van der Waals surface area contributed by atoms with Crippen molar-refractivity contribution in [2.75, 3.05) is 13.6 Å². The van der Waals surface area contributed by atoms with Gasteiger partial charge in [0, 0.05) is 31.9 Å². The van der Waals surface area contributed by atoms with Gasteiger partial charge in [0.15, 0.2) is 0 Å². The number of nitrogens with two attached hydrogens (primary N) is 1. The Kier molecular flexibility index (Phi) is 5.46. The van der Waals surface area contributed by atoms with Crippen molar-refractivity contribution in [2.24, 2.45) is 5.73 Å². The number of likely N-dealkylation sites (N-methyl/N-ethyl adjacent to an activating group) is 1. The van der Waals surface area contributed by atoms with Gasteiger partial charge in [-0.3, -0.25) is 9.78 Å². The van der Waals surface area contributed by atoms with E-state index in [1.54, 1.807) is 18.1 Å². The molecule has 1 heterocycles. The molecule has 1 atom stereocenters. The highest BCUT2D eigenvalue weighted by Crippen LogP contribution is 2.04. The number of carbonyl (C=O) groups is 1. The molecule has 0 aliphatic rings. The second-order valence-corrected chi connectivity index (χ2v) is 5.13. The summed E-state index contributed by atoms with van der Waals surface area (Å²) < 4.78 is 0. The van der Waals surface area contributed by atoms with E-state index in [0.29, 0.717) is 13.0 Å². The second kappa shape index (κ2) is 7.55. The standard InChI is InChI=1S/C17H21N3O/c1-20(12-10-15-9-5-6-11-19-15)17(21)16(18)13-14-7-3-2-4-8-14/h2-9,11,16H,10,12-13,18H2,1H3/t16-/m1/s1. The first-order valence-electron chi connectivity index (χ1n) is 7.11. The molecule has 21 heavy (non-hydrogen) atoms. The number of amides is 1. The zero-order valence-corrected chi connectivity index (χ0v) is 12.3. The van der Waals surface area contributed by atoms with Crippen LogP contribution in [0.4, 0.5) is 0 Å². The summed E-state index contributed by atoms with van der Waals surface area (Å²) in [5.41, 5.74) is 8.07. The zero-order valence-electron chi connectivity index (χ0n) is 12.3. The molecule has 2 aromatic rings. The van der Waals surface area contributed by atoms with Gasteiger partial charge >= 0.3 is 0 Å². The Bertz CT molecular complexity index is 557. The molecule has 4 nitrogen and oxygen atoms in total. The van der Waals surface area contributed by atoms with Crippen molar-refractivity contribution in [3.63, 3.8) is 0 Å². The van der Waals surface area contributed by atoms with Crippen LogP contribution in [0.15, 0.2) is 54.7 Å². The fraction of sp³-hybridized carbons (Fsp3) is 0.294. The lowest BCUT2D eigenvalue weighted by Gasteiger charge is -2.21. The quantitative estimate of drug-likeness (QED) is 0.877. The van der Waals surface area contributed by atoms with E-state index in [9.17, 15) is 4.79 Å². The summed E-state index contributed by atoms with van der Waals surface area (Å²) in [5.74, 6) is -0.0326. The molecule has 0 bridgehead atoms. The first kappa shape index (κ1) is 15.2. The van der Waals surface area contributed by atoms with Gasteiger partial charge in [-0.05, 0) is 24.1 Å². The average molecular weight is 283 g/mol. The number of aromatic nitrogens is 1. The molecule has 1 aromatic carbocycles. The van der Waals surface area contributed by atoms with Crippen LogP contribution in [0.1, 0.15) is 11.3 Å². The molecule has 1 aromatic heterocycles. The van der Waals surface area contributed by atoms with Crippen LogP contribution in [0.5, 0.6) is 0 Å². The maximum absolute atomic E-state index is 12.2. The van der Waals surface area contributed by atoms with E-state index in [1.807, 2.05) is 48.5 Å². The number of rotatable bonds is 6. The monoisotopic (exact) mass is 283 g/mol. The number of hydrogen-bond acceptors (Lipinski definition) is 3. The molecule has 4 heteroatoms. The van der Waals surface area contributed by atoms with Crippen LogP contribution in [-0.2, 0) is 17.6 Å². The lowest BCUT2D eigenvalue weighted by molar-refractivity contribution is -0.131. The number of carbonyl (C=O) groups excluding carboxylic acids is 1. The Labute approximate surface area is 125 Å². The maximum atomic E-state index is 12.2. The third kappa shape index (κ3) is 4.68. The summed E-state index contributed by atoms with van der Waals surface area (Å²) in [4.78, 5) is 18.2. The third-order valence-electron chi connectivity index (χ3n) is 3.42. The lowest BCUT2D eigenvalue weighted by atomic mass is 10.1. The summed E-state index contributed by atoms with van der Waals surface area (Å²) in [6.07, 6.45) is 3.06. The van der Waals surface area contributed by atoms with Gasteiger partial charge in [-0.25, -0.2) is 0 Å². The number of pyridine rings is 1. The van der Waals surface area contributed by atoms with Crippen LogP contribution in [-0.4, -0.2) is 35.4 Å². The van der Waals surface area contributed by atoms with Crippen molar-refractivity contribution in [2.45, 2.75) is 18.9 Å². The van der Waals surface area contributed by atoms with Crippen molar-refractivity contribution in [1.82, 2.24) is 9.88 Å². The van der Waals surface area contributed by atoms with Crippen molar-refractivity contribution in [3.05, 3.63) is 66.0 Å². The predicted octanol–water partition coefficient (Wildman–Crippen LogP) is 1.65. The van der Waals surface area contributed by atoms with Crippen molar-refractivity contribution >= 4 is 5.91 Å². The molecule has 0 unspecified atom stereocenters. The van der Waals surface area contributed by atoms with Crippen molar-refractivity contribution < 1.29 is 4.79 Å². The first-order valence-corrected chi connectivity index (χ1v) is 7.11. The summed E-state index contributed by atoms with van der Waals surface area (Å²) >= 11 is 0. The Morgan fingerprint density at radius 3 is 2.57 bits per heavy atom. The SMILES string of the molecule is CN(CCc1ccccn1)C(=O)[C@H](N)Cc1ccccc1. The highest BCUT2D eigenvalue weighted by Gasteiger charge is 2.18. The predicted molar refractivity (Wildman–Crippen MR) is 83.7 cm³/mol. The van der Waals surface area contributed by atoms with Crippen molar-refractivity contribution in [1.29, 1.82) is 0 Å². The molecule has 0 radical (unpaired) electrons. The highest BCUT2D eigenvalue weighted by molar-refractivity contribution is 5.81. The van der Waals surface area contributed by atoms with Crippen LogP contribution in [0.2, 0.25) is 0 Å². The lowest BCUT2D eigenvalue weighted by Crippen LogP contribution is -2.43. The highest BCUT2D eigenvalue weighted by atomic mass is 16.2. The number of benzene rings is 1. The van der Waals surface area contributed by atoms with Gasteiger partial charge in [0.1, 0.15) is 0 Å². The number of hydrogen-bond donors (Lipinski definition) is 1. The molecule has 0 aliphatic carbocycles. The van der Waals surface area contributed by atoms with Crippen LogP contribution in [0.3, 0.4) is 0 Å². The van der Waals surface area contributed by atoms with E-state index in [4.69, 9.17) is 5.73 Å². The normalized spacial score (nSPS) is 11.9. The van der Waals surface area contributed by atoms with E-state index in [2.05, 4.69) is 4.98 Å². The van der Waals surface area contributed by atoms with Gasteiger partial charge in [0.25, 0.3) is 0 Å². The smallest absolute Gasteiger partial charge is 0.239 e. The molecular formula is C17H21N3O. The fourth-order valence-corrected chi connectivity index (χ4v) is 2.18. The maximum Gasteiger partial charge on any atom is 0.239 e. The van der Waals surface area contributed by atoms with Gasteiger partial charge < -0.3 is 10.6 Å². The molecule has 0 saturated carbocycles. The Hall–Kier alpha value is -2.20. The summed E-state index contributed by atoms with van der Waals surface area (Å²) in [6, 6.07) is 15.1. The fourth-order valence-electron chi connectivity index (χ4n) is 2.18. The molecular weight excluding hydrogens is 262 g/mol. The molecule has 0 saturated heterocycles. The van der Waals surface area contributed by atoms with E-state index < -0.39 is 6.04 Å². The Balaban J connectivity index is 1.84. The summed E-state index contributed by atoms with van der Waals surface area (Å²) in [7, 11) is 1.79. The van der Waals surface area contributed by atoms with Gasteiger partial charge in [-0.2, -0.15) is 0 Å². The molecule has 110 valence electrons. The Morgan fingerprint density at radius 2 is 1.90 bits per heavy atom. The van der Waals surface area contributed by atoms with E-state index in [-0.39, 0.29) is 5.91 Å².